The zero-order valence-electron chi connectivity index (χ0n) is 10.6. The lowest BCUT2D eigenvalue weighted by Crippen LogP contribution is -2.38. The Bertz CT molecular complexity index is 577. The second-order valence-corrected chi connectivity index (χ2v) is 6.24. The first kappa shape index (κ1) is 15.2. The molecule has 0 aliphatic carbocycles. The minimum atomic E-state index is -3.30. The van der Waals surface area contributed by atoms with Gasteiger partial charge in [0.1, 0.15) is 6.04 Å². The third-order valence-electron chi connectivity index (χ3n) is 2.57. The van der Waals surface area contributed by atoms with Crippen LogP contribution in [0.3, 0.4) is 0 Å². The molecular weight excluding hydrogens is 270 g/mol. The molecule has 0 aliphatic heterocycles. The smallest absolute Gasteiger partial charge is 0.325 e. The zero-order chi connectivity index (χ0) is 14.6. The minimum absolute atomic E-state index is 0.0193. The number of carbonyl (C=O) groups is 2. The van der Waals surface area contributed by atoms with E-state index in [4.69, 9.17) is 5.11 Å². The van der Waals surface area contributed by atoms with Gasteiger partial charge in [-0.1, -0.05) is 6.92 Å². The molecular formula is C12H15NO5S. The molecule has 19 heavy (non-hydrogen) atoms. The number of rotatable bonds is 5. The second-order valence-electron chi connectivity index (χ2n) is 3.96. The molecule has 1 atom stereocenters. The number of carboxylic acid groups (broad SMARTS) is 1. The number of carbonyl (C=O) groups excluding carboxylic acids is 1. The first-order valence-electron chi connectivity index (χ1n) is 5.64. The summed E-state index contributed by atoms with van der Waals surface area (Å²) >= 11 is 0. The molecule has 1 aromatic carbocycles. The largest absolute Gasteiger partial charge is 0.480 e. The third-order valence-corrected chi connectivity index (χ3v) is 4.32. The van der Waals surface area contributed by atoms with Crippen LogP contribution in [0.4, 0.5) is 0 Å². The number of hydrogen-bond donors (Lipinski definition) is 2. The molecule has 0 spiro atoms. The highest BCUT2D eigenvalue weighted by Gasteiger charge is 2.16. The fourth-order valence-electron chi connectivity index (χ4n) is 1.32. The molecule has 2 N–H and O–H groups in total. The van der Waals surface area contributed by atoms with Crippen molar-refractivity contribution in [3.05, 3.63) is 29.8 Å². The molecule has 6 nitrogen and oxygen atoms in total. The summed E-state index contributed by atoms with van der Waals surface area (Å²) < 4.78 is 23.1. The molecule has 0 unspecified atom stereocenters. The van der Waals surface area contributed by atoms with Gasteiger partial charge in [-0.2, -0.15) is 0 Å². The van der Waals surface area contributed by atoms with Crippen LogP contribution in [0.1, 0.15) is 24.2 Å². The van der Waals surface area contributed by atoms with Crippen molar-refractivity contribution >= 4 is 21.7 Å². The molecule has 7 heteroatoms. The van der Waals surface area contributed by atoms with Crippen molar-refractivity contribution in [2.45, 2.75) is 24.8 Å². The van der Waals surface area contributed by atoms with Gasteiger partial charge < -0.3 is 10.4 Å². The quantitative estimate of drug-likeness (QED) is 0.828. The van der Waals surface area contributed by atoms with Gasteiger partial charge in [0.2, 0.25) is 0 Å². The number of hydrogen-bond acceptors (Lipinski definition) is 4. The number of aliphatic carboxylic acids is 1. The Morgan fingerprint density at radius 3 is 2.21 bits per heavy atom. The van der Waals surface area contributed by atoms with Crippen LogP contribution in [0.15, 0.2) is 29.2 Å². The Balaban J connectivity index is 2.88. The molecule has 1 aromatic rings. The summed E-state index contributed by atoms with van der Waals surface area (Å²) in [4.78, 5) is 22.4. The van der Waals surface area contributed by atoms with E-state index in [1.165, 1.54) is 38.1 Å². The van der Waals surface area contributed by atoms with Crippen LogP contribution in [0.2, 0.25) is 0 Å². The number of nitrogens with one attached hydrogen (secondary N) is 1. The summed E-state index contributed by atoms with van der Waals surface area (Å²) in [6.07, 6.45) is 0. The monoisotopic (exact) mass is 285 g/mol. The molecule has 0 radical (unpaired) electrons. The predicted octanol–water partition coefficient (Wildman–Crippen LogP) is 0.683. The summed E-state index contributed by atoms with van der Waals surface area (Å²) in [6.45, 7) is 2.88. The van der Waals surface area contributed by atoms with Crippen molar-refractivity contribution in [3.63, 3.8) is 0 Å². The van der Waals surface area contributed by atoms with Crippen LogP contribution in [-0.2, 0) is 14.6 Å². The standard InChI is InChI=1S/C12H15NO5S/c1-3-19(17,18)10-6-4-9(5-7-10)11(14)13-8(2)12(15)16/h4-8H,3H2,1-2H3,(H,13,14)(H,15,16)/t8-/m1/s1. The van der Waals surface area contributed by atoms with Crippen LogP contribution in [0, 0.1) is 0 Å². The summed E-state index contributed by atoms with van der Waals surface area (Å²) in [5, 5.41) is 10.9. The molecule has 0 saturated heterocycles. The van der Waals surface area contributed by atoms with E-state index in [1.54, 1.807) is 0 Å². The van der Waals surface area contributed by atoms with Crippen molar-refractivity contribution < 1.29 is 23.1 Å². The Kier molecular flexibility index (Phi) is 4.66. The maximum atomic E-state index is 11.7. The lowest BCUT2D eigenvalue weighted by Gasteiger charge is -2.09. The molecule has 0 heterocycles. The first-order chi connectivity index (χ1) is 8.77. The third kappa shape index (κ3) is 3.78. The lowest BCUT2D eigenvalue weighted by atomic mass is 10.2. The van der Waals surface area contributed by atoms with E-state index in [-0.39, 0.29) is 16.2 Å². The van der Waals surface area contributed by atoms with Crippen LogP contribution >= 0.6 is 0 Å². The van der Waals surface area contributed by atoms with Gasteiger partial charge >= 0.3 is 5.97 Å². The first-order valence-corrected chi connectivity index (χ1v) is 7.29. The number of sulfone groups is 1. The SMILES string of the molecule is CCS(=O)(=O)c1ccc(C(=O)N[C@H](C)C(=O)O)cc1. The van der Waals surface area contributed by atoms with Gasteiger partial charge in [-0.05, 0) is 31.2 Å². The van der Waals surface area contributed by atoms with Crippen molar-refractivity contribution in [2.24, 2.45) is 0 Å². The van der Waals surface area contributed by atoms with E-state index in [9.17, 15) is 18.0 Å². The van der Waals surface area contributed by atoms with Gasteiger partial charge in [0.15, 0.2) is 9.84 Å². The van der Waals surface area contributed by atoms with Crippen molar-refractivity contribution in [1.82, 2.24) is 5.32 Å². The van der Waals surface area contributed by atoms with Crippen molar-refractivity contribution in [1.29, 1.82) is 0 Å². The Morgan fingerprint density at radius 1 is 1.26 bits per heavy atom. The second kappa shape index (κ2) is 5.83. The fraction of sp³-hybridized carbons (Fsp3) is 0.333. The Morgan fingerprint density at radius 2 is 1.79 bits per heavy atom. The molecule has 0 fully saturated rings. The topological polar surface area (TPSA) is 101 Å². The predicted molar refractivity (Wildman–Crippen MR) is 68.7 cm³/mol. The number of benzene rings is 1. The van der Waals surface area contributed by atoms with E-state index >= 15 is 0 Å². The molecule has 0 aromatic heterocycles. The Labute approximate surface area is 111 Å². The highest BCUT2D eigenvalue weighted by Crippen LogP contribution is 2.12. The van der Waals surface area contributed by atoms with Crippen LogP contribution < -0.4 is 5.32 Å². The summed E-state index contributed by atoms with van der Waals surface area (Å²) in [5.74, 6) is -1.72. The van der Waals surface area contributed by atoms with Gasteiger partial charge in [0.25, 0.3) is 5.91 Å². The van der Waals surface area contributed by atoms with E-state index in [2.05, 4.69) is 5.32 Å². The maximum absolute atomic E-state index is 11.7. The molecule has 0 bridgehead atoms. The summed E-state index contributed by atoms with van der Waals surface area (Å²) in [6, 6.07) is 4.36. The fourth-order valence-corrected chi connectivity index (χ4v) is 2.21. The van der Waals surface area contributed by atoms with Gasteiger partial charge in [-0.3, -0.25) is 9.59 Å². The number of carboxylic acids is 1. The van der Waals surface area contributed by atoms with Crippen LogP contribution in [-0.4, -0.2) is 37.2 Å². The minimum Gasteiger partial charge on any atom is -0.480 e. The van der Waals surface area contributed by atoms with Gasteiger partial charge in [0.05, 0.1) is 10.6 Å². The summed E-state index contributed by atoms with van der Waals surface area (Å²) in [5.41, 5.74) is 0.211. The number of amides is 1. The zero-order valence-corrected chi connectivity index (χ0v) is 11.4. The Hall–Kier alpha value is -1.89. The van der Waals surface area contributed by atoms with E-state index in [0.717, 1.165) is 0 Å². The lowest BCUT2D eigenvalue weighted by molar-refractivity contribution is -0.138. The van der Waals surface area contributed by atoms with Crippen molar-refractivity contribution in [2.75, 3.05) is 5.75 Å². The van der Waals surface area contributed by atoms with Crippen LogP contribution in [0.5, 0.6) is 0 Å². The van der Waals surface area contributed by atoms with Crippen molar-refractivity contribution in [3.8, 4) is 0 Å². The molecule has 1 amide bonds. The maximum Gasteiger partial charge on any atom is 0.325 e. The average molecular weight is 285 g/mol. The highest BCUT2D eigenvalue weighted by atomic mass is 32.2. The molecule has 0 saturated carbocycles. The van der Waals surface area contributed by atoms with Gasteiger partial charge in [-0.25, -0.2) is 8.42 Å². The van der Waals surface area contributed by atoms with E-state index < -0.39 is 27.8 Å². The highest BCUT2D eigenvalue weighted by molar-refractivity contribution is 7.91. The van der Waals surface area contributed by atoms with E-state index in [1.807, 2.05) is 0 Å². The van der Waals surface area contributed by atoms with Gasteiger partial charge in [0, 0.05) is 5.56 Å². The van der Waals surface area contributed by atoms with Gasteiger partial charge in [-0.15, -0.1) is 0 Å². The molecule has 104 valence electrons. The normalized spacial score (nSPS) is 12.7. The van der Waals surface area contributed by atoms with Crippen LogP contribution in [0.25, 0.3) is 0 Å². The summed E-state index contributed by atoms with van der Waals surface area (Å²) in [7, 11) is -3.30. The average Bonchev–Trinajstić information content (AvgIpc) is 2.38. The molecule has 0 aliphatic rings. The van der Waals surface area contributed by atoms with E-state index in [0.29, 0.717) is 0 Å². The molecule has 1 rings (SSSR count).